The quantitative estimate of drug-likeness (QED) is 0.323. The highest BCUT2D eigenvalue weighted by molar-refractivity contribution is 4.52. The average molecular weight is 158 g/mol. The van der Waals surface area contributed by atoms with Gasteiger partial charge in [-0.3, -0.25) is 11.7 Å². The molecule has 0 rings (SSSR count). The summed E-state index contributed by atoms with van der Waals surface area (Å²) >= 11 is 0. The second-order valence-corrected chi connectivity index (χ2v) is 1.22. The average Bonchev–Trinajstić information content (AvgIpc) is 1.96. The van der Waals surface area contributed by atoms with E-state index in [1.165, 1.54) is 0 Å². The molecule has 0 amide bonds. The summed E-state index contributed by atoms with van der Waals surface area (Å²) in [6, 6.07) is 0. The largest absolute Gasteiger partial charge is 0.274 e. The van der Waals surface area contributed by atoms with Crippen molar-refractivity contribution in [2.45, 2.75) is 20.8 Å². The molecule has 0 saturated heterocycles. The molecule has 0 fully saturated rings. The molecule has 4 N–H and O–H groups in total. The third-order valence-electron chi connectivity index (χ3n) is 0. The zero-order chi connectivity index (χ0) is 10.1. The second kappa shape index (κ2) is 132. The lowest BCUT2D eigenvalue weighted by Gasteiger charge is -1.31. The summed E-state index contributed by atoms with van der Waals surface area (Å²) in [5.41, 5.74) is 0. The van der Waals surface area contributed by atoms with E-state index in [9.17, 15) is 0 Å². The Labute approximate surface area is 71.3 Å². The van der Waals surface area contributed by atoms with Crippen LogP contribution in [0.3, 0.4) is 0 Å². The van der Waals surface area contributed by atoms with Gasteiger partial charge in [0, 0.05) is 0 Å². The third-order valence-corrected chi connectivity index (χ3v) is 0. The van der Waals surface area contributed by atoms with E-state index in [1.54, 1.807) is 18.2 Å². The van der Waals surface area contributed by atoms with Crippen LogP contribution in [0.4, 0.5) is 0 Å². The Hall–Kier alpha value is -0.860. The Morgan fingerprint density at radius 2 is 0.727 bits per heavy atom. The van der Waals surface area contributed by atoms with Gasteiger partial charge in [0.05, 0.1) is 0 Å². The molecule has 2 heteroatoms. The molecule has 0 bridgehead atoms. The van der Waals surface area contributed by atoms with Crippen LogP contribution in [0, 0.1) is 0 Å². The Morgan fingerprint density at radius 3 is 0.727 bits per heavy atom. The number of hydrogen-bond acceptors (Lipinski definition) is 2. The Kier molecular flexibility index (Phi) is 270. The topological polar surface area (TPSA) is 52.0 Å². The minimum absolute atomic E-state index is 1.75. The Bertz CT molecular complexity index is 44.3. The summed E-state index contributed by atoms with van der Waals surface area (Å²) in [4.78, 5) is 0. The molecular formula is C9H22N2. The first kappa shape index (κ1) is 22.5. The molecule has 0 aromatic carbocycles. The molecule has 0 aliphatic carbocycles. The normalized spacial score (nSPS) is 4.09. The fourth-order valence-electron chi connectivity index (χ4n) is 0. The molecule has 11 heavy (non-hydrogen) atoms. The van der Waals surface area contributed by atoms with E-state index in [1.807, 2.05) is 20.8 Å². The molecule has 0 aromatic heterocycles. The van der Waals surface area contributed by atoms with Gasteiger partial charge in [0.2, 0.25) is 0 Å². The highest BCUT2D eigenvalue weighted by atomic mass is 15.0. The predicted octanol–water partition coefficient (Wildman–Crippen LogP) is 2.40. The molecule has 0 spiro atoms. The van der Waals surface area contributed by atoms with E-state index in [0.717, 1.165) is 0 Å². The minimum Gasteiger partial charge on any atom is -0.274 e. The minimum atomic E-state index is 1.75. The van der Waals surface area contributed by atoms with E-state index < -0.39 is 0 Å². The van der Waals surface area contributed by atoms with Gasteiger partial charge < -0.3 is 0 Å². The molecule has 0 saturated carbocycles. The van der Waals surface area contributed by atoms with Crippen molar-refractivity contribution in [2.75, 3.05) is 0 Å². The molecule has 0 aliphatic heterocycles. The van der Waals surface area contributed by atoms with Crippen molar-refractivity contribution in [3.05, 3.63) is 38.0 Å². The summed E-state index contributed by atoms with van der Waals surface area (Å²) in [5, 5.41) is 0. The van der Waals surface area contributed by atoms with Crippen molar-refractivity contribution in [2.24, 2.45) is 11.7 Å². The first-order valence-corrected chi connectivity index (χ1v) is 3.29. The maximum absolute atomic E-state index is 4.00. The van der Waals surface area contributed by atoms with Gasteiger partial charge in [-0.1, -0.05) is 18.2 Å². The maximum atomic E-state index is 4.00. The van der Waals surface area contributed by atoms with Crippen LogP contribution in [-0.4, -0.2) is 0 Å². The summed E-state index contributed by atoms with van der Waals surface area (Å²) in [7, 11) is 0. The van der Waals surface area contributed by atoms with Gasteiger partial charge in [-0.15, -0.1) is 19.7 Å². The van der Waals surface area contributed by atoms with Crippen LogP contribution < -0.4 is 11.7 Å². The highest BCUT2D eigenvalue weighted by Gasteiger charge is 1.15. The van der Waals surface area contributed by atoms with Gasteiger partial charge in [-0.2, -0.15) is 0 Å². The highest BCUT2D eigenvalue weighted by Crippen LogP contribution is 1.38. The monoisotopic (exact) mass is 158 g/mol. The molecule has 2 nitrogen and oxygen atoms in total. The number of rotatable bonds is 0. The van der Waals surface area contributed by atoms with Crippen molar-refractivity contribution >= 4 is 0 Å². The van der Waals surface area contributed by atoms with Crippen molar-refractivity contribution < 1.29 is 0 Å². The summed E-state index contributed by atoms with van der Waals surface area (Å²) < 4.78 is 0. The van der Waals surface area contributed by atoms with Crippen LogP contribution >= 0.6 is 0 Å². The predicted molar refractivity (Wildman–Crippen MR) is 56.0 cm³/mol. The molecule has 0 atom stereocenters. The van der Waals surface area contributed by atoms with Gasteiger partial charge in [-0.25, -0.2) is 0 Å². The Balaban J connectivity index is -0.0000000301. The summed E-state index contributed by atoms with van der Waals surface area (Å²) in [5.74, 6) is 8.00. The van der Waals surface area contributed by atoms with Crippen LogP contribution in [0.25, 0.3) is 0 Å². The number of hydrogen-bond donors (Lipinski definition) is 2. The fourth-order valence-corrected chi connectivity index (χ4v) is 0. The van der Waals surface area contributed by atoms with Crippen LogP contribution in [0.5, 0.6) is 0 Å². The van der Waals surface area contributed by atoms with Crippen LogP contribution in [0.1, 0.15) is 20.8 Å². The molecule has 0 heterocycles. The molecular weight excluding hydrogens is 136 g/mol. The van der Waals surface area contributed by atoms with Gasteiger partial charge >= 0.3 is 0 Å². The van der Waals surface area contributed by atoms with E-state index in [2.05, 4.69) is 31.4 Å². The molecule has 0 radical (unpaired) electrons. The first-order chi connectivity index (χ1) is 5.24. The lowest BCUT2D eigenvalue weighted by Crippen LogP contribution is -2.02. The number of nitrogens with two attached hydrogens (primary N) is 2. The number of allylic oxidation sites excluding steroid dienone is 3. The smallest absolute Gasteiger partial charge is 0.0473 e. The lowest BCUT2D eigenvalue weighted by atomic mass is 10.8. The van der Waals surface area contributed by atoms with Crippen molar-refractivity contribution in [1.82, 2.24) is 0 Å². The zero-order valence-electron chi connectivity index (χ0n) is 8.01. The fraction of sp³-hybridized carbons (Fsp3) is 0.333. The zero-order valence-corrected chi connectivity index (χ0v) is 8.01. The molecule has 0 aromatic rings. The second-order valence-electron chi connectivity index (χ2n) is 1.22. The lowest BCUT2D eigenvalue weighted by molar-refractivity contribution is 1.26. The summed E-state index contributed by atoms with van der Waals surface area (Å²) in [6.07, 6.45) is 5.25. The van der Waals surface area contributed by atoms with Gasteiger partial charge in [-0.05, 0) is 20.8 Å². The summed E-state index contributed by atoms with van der Waals surface area (Å²) in [6.45, 7) is 15.8. The molecule has 0 unspecified atom stereocenters. The standard InChI is InChI=1S/3C3H6.H4N2/c3*1-3-2;1-2/h3*3H,1H2,2H3;1-2H2. The van der Waals surface area contributed by atoms with Gasteiger partial charge in [0.1, 0.15) is 0 Å². The molecule has 68 valence electrons. The van der Waals surface area contributed by atoms with E-state index in [0.29, 0.717) is 0 Å². The SMILES string of the molecule is C=CC.C=CC.C=CC.NN. The van der Waals surface area contributed by atoms with Crippen molar-refractivity contribution in [3.8, 4) is 0 Å². The first-order valence-electron chi connectivity index (χ1n) is 3.29. The van der Waals surface area contributed by atoms with Crippen LogP contribution in [0.15, 0.2) is 38.0 Å². The van der Waals surface area contributed by atoms with Crippen molar-refractivity contribution in [3.63, 3.8) is 0 Å². The van der Waals surface area contributed by atoms with E-state index in [4.69, 9.17) is 0 Å². The van der Waals surface area contributed by atoms with Gasteiger partial charge in [0.15, 0.2) is 0 Å². The molecule has 0 aliphatic rings. The van der Waals surface area contributed by atoms with Crippen molar-refractivity contribution in [1.29, 1.82) is 0 Å². The van der Waals surface area contributed by atoms with Crippen LogP contribution in [-0.2, 0) is 0 Å². The number of hydrazine groups is 1. The van der Waals surface area contributed by atoms with Crippen LogP contribution in [0.2, 0.25) is 0 Å². The maximum Gasteiger partial charge on any atom is -0.0473 e. The van der Waals surface area contributed by atoms with Gasteiger partial charge in [0.25, 0.3) is 0 Å². The van der Waals surface area contributed by atoms with E-state index >= 15 is 0 Å². The van der Waals surface area contributed by atoms with E-state index in [-0.39, 0.29) is 0 Å². The Morgan fingerprint density at radius 1 is 0.727 bits per heavy atom. The third kappa shape index (κ3) is 630.